The van der Waals surface area contributed by atoms with E-state index >= 15 is 0 Å². The summed E-state index contributed by atoms with van der Waals surface area (Å²) in [4.78, 5) is 12.0. The van der Waals surface area contributed by atoms with Gasteiger partial charge in [0.05, 0.1) is 11.5 Å². The highest BCUT2D eigenvalue weighted by Crippen LogP contribution is 2.16. The second-order valence-corrected chi connectivity index (χ2v) is 7.47. The van der Waals surface area contributed by atoms with Crippen LogP contribution in [0.3, 0.4) is 0 Å². The smallest absolute Gasteiger partial charge is 0.220 e. The first-order valence-electron chi connectivity index (χ1n) is 7.69. The molecular formula is C18H21NO4S. The molecule has 0 aliphatic heterocycles. The third-order valence-electron chi connectivity index (χ3n) is 3.40. The van der Waals surface area contributed by atoms with Crippen LogP contribution in [0.2, 0.25) is 0 Å². The predicted octanol–water partition coefficient (Wildman–Crippen LogP) is 2.57. The van der Waals surface area contributed by atoms with Gasteiger partial charge in [-0.1, -0.05) is 30.3 Å². The van der Waals surface area contributed by atoms with Gasteiger partial charge in [-0.3, -0.25) is 4.79 Å². The summed E-state index contributed by atoms with van der Waals surface area (Å²) >= 11 is 0. The van der Waals surface area contributed by atoms with E-state index in [2.05, 4.69) is 5.32 Å². The fourth-order valence-electron chi connectivity index (χ4n) is 2.09. The molecule has 24 heavy (non-hydrogen) atoms. The van der Waals surface area contributed by atoms with E-state index in [0.717, 1.165) is 11.8 Å². The standard InChI is InChI=1S/C18H21NO4S/c1-24(21,22)17-11-9-16(10-12-17)23-13-5-8-18(20)19-14-15-6-3-2-4-7-15/h2-4,6-7,9-12H,5,8,13-14H2,1H3,(H,19,20). The van der Waals surface area contributed by atoms with E-state index in [4.69, 9.17) is 4.74 Å². The lowest BCUT2D eigenvalue weighted by Gasteiger charge is -2.08. The first-order valence-corrected chi connectivity index (χ1v) is 9.58. The third-order valence-corrected chi connectivity index (χ3v) is 4.53. The Morgan fingerprint density at radius 1 is 1.04 bits per heavy atom. The van der Waals surface area contributed by atoms with Gasteiger partial charge in [-0.2, -0.15) is 0 Å². The molecule has 0 saturated carbocycles. The summed E-state index contributed by atoms with van der Waals surface area (Å²) in [6, 6.07) is 16.0. The number of benzene rings is 2. The molecule has 1 amide bonds. The van der Waals surface area contributed by atoms with E-state index in [-0.39, 0.29) is 10.8 Å². The van der Waals surface area contributed by atoms with Gasteiger partial charge in [-0.05, 0) is 36.2 Å². The van der Waals surface area contributed by atoms with Crippen molar-refractivity contribution in [2.45, 2.75) is 24.3 Å². The zero-order chi connectivity index (χ0) is 17.4. The maximum absolute atomic E-state index is 11.7. The van der Waals surface area contributed by atoms with Crippen molar-refractivity contribution >= 4 is 15.7 Å². The van der Waals surface area contributed by atoms with Gasteiger partial charge in [-0.15, -0.1) is 0 Å². The lowest BCUT2D eigenvalue weighted by atomic mass is 10.2. The molecule has 2 aromatic rings. The van der Waals surface area contributed by atoms with Crippen molar-refractivity contribution in [3.63, 3.8) is 0 Å². The number of sulfone groups is 1. The number of carbonyl (C=O) groups excluding carboxylic acids is 1. The maximum Gasteiger partial charge on any atom is 0.220 e. The molecule has 0 aliphatic rings. The SMILES string of the molecule is CS(=O)(=O)c1ccc(OCCCC(=O)NCc2ccccc2)cc1. The Morgan fingerprint density at radius 2 is 1.71 bits per heavy atom. The molecule has 2 aromatic carbocycles. The van der Waals surface area contributed by atoms with Crippen LogP contribution in [-0.4, -0.2) is 27.2 Å². The van der Waals surface area contributed by atoms with E-state index in [1.807, 2.05) is 30.3 Å². The largest absolute Gasteiger partial charge is 0.494 e. The quantitative estimate of drug-likeness (QED) is 0.745. The van der Waals surface area contributed by atoms with Gasteiger partial charge in [0.25, 0.3) is 0 Å². The first kappa shape index (κ1) is 18.0. The number of hydrogen-bond donors (Lipinski definition) is 1. The fourth-order valence-corrected chi connectivity index (χ4v) is 2.72. The van der Waals surface area contributed by atoms with Crippen LogP contribution in [0.25, 0.3) is 0 Å². The van der Waals surface area contributed by atoms with E-state index in [1.54, 1.807) is 12.1 Å². The van der Waals surface area contributed by atoms with Crippen LogP contribution < -0.4 is 10.1 Å². The van der Waals surface area contributed by atoms with E-state index < -0.39 is 9.84 Å². The normalized spacial score (nSPS) is 11.0. The number of rotatable bonds is 8. The summed E-state index contributed by atoms with van der Waals surface area (Å²) < 4.78 is 28.2. The zero-order valence-electron chi connectivity index (χ0n) is 13.6. The molecule has 6 heteroatoms. The Kier molecular flexibility index (Phi) is 6.37. The molecular weight excluding hydrogens is 326 g/mol. The lowest BCUT2D eigenvalue weighted by Crippen LogP contribution is -2.22. The summed E-state index contributed by atoms with van der Waals surface area (Å²) in [5.74, 6) is 0.571. The minimum atomic E-state index is -3.19. The molecule has 1 N–H and O–H groups in total. The molecule has 0 radical (unpaired) electrons. The lowest BCUT2D eigenvalue weighted by molar-refractivity contribution is -0.121. The van der Waals surface area contributed by atoms with Crippen molar-refractivity contribution in [1.82, 2.24) is 5.32 Å². The highest BCUT2D eigenvalue weighted by molar-refractivity contribution is 7.90. The van der Waals surface area contributed by atoms with Crippen molar-refractivity contribution in [2.24, 2.45) is 0 Å². The van der Waals surface area contributed by atoms with Crippen LogP contribution in [0, 0.1) is 0 Å². The number of amides is 1. The molecule has 0 atom stereocenters. The van der Waals surface area contributed by atoms with E-state index in [9.17, 15) is 13.2 Å². The average molecular weight is 347 g/mol. The zero-order valence-corrected chi connectivity index (χ0v) is 14.4. The minimum Gasteiger partial charge on any atom is -0.494 e. The number of ether oxygens (including phenoxy) is 1. The van der Waals surface area contributed by atoms with Gasteiger partial charge in [0.15, 0.2) is 9.84 Å². The molecule has 5 nitrogen and oxygen atoms in total. The monoisotopic (exact) mass is 347 g/mol. The van der Waals surface area contributed by atoms with E-state index in [1.165, 1.54) is 12.1 Å². The Hall–Kier alpha value is -2.34. The molecule has 0 aliphatic carbocycles. The van der Waals surface area contributed by atoms with Crippen molar-refractivity contribution in [1.29, 1.82) is 0 Å². The fraction of sp³-hybridized carbons (Fsp3) is 0.278. The Morgan fingerprint density at radius 3 is 2.33 bits per heavy atom. The maximum atomic E-state index is 11.7. The molecule has 0 unspecified atom stereocenters. The number of carbonyl (C=O) groups is 1. The van der Waals surface area contributed by atoms with Crippen molar-refractivity contribution in [2.75, 3.05) is 12.9 Å². The van der Waals surface area contributed by atoms with Crippen LogP contribution in [0.15, 0.2) is 59.5 Å². The van der Waals surface area contributed by atoms with Gasteiger partial charge in [-0.25, -0.2) is 8.42 Å². The Labute approximate surface area is 142 Å². The number of nitrogens with one attached hydrogen (secondary N) is 1. The van der Waals surface area contributed by atoms with Gasteiger partial charge >= 0.3 is 0 Å². The minimum absolute atomic E-state index is 0.0186. The Bertz CT molecular complexity index is 755. The molecule has 0 fully saturated rings. The molecule has 2 rings (SSSR count). The first-order chi connectivity index (χ1) is 11.4. The second kappa shape index (κ2) is 8.49. The average Bonchev–Trinajstić information content (AvgIpc) is 2.57. The van der Waals surface area contributed by atoms with Crippen LogP contribution in [-0.2, 0) is 21.2 Å². The molecule has 0 aromatic heterocycles. The summed E-state index contributed by atoms with van der Waals surface area (Å²) in [5.41, 5.74) is 1.06. The number of hydrogen-bond acceptors (Lipinski definition) is 4. The van der Waals surface area contributed by atoms with Crippen molar-refractivity contribution in [3.05, 3.63) is 60.2 Å². The van der Waals surface area contributed by atoms with Crippen LogP contribution >= 0.6 is 0 Å². The highest BCUT2D eigenvalue weighted by atomic mass is 32.2. The molecule has 0 bridgehead atoms. The van der Waals surface area contributed by atoms with Gasteiger partial charge in [0.2, 0.25) is 5.91 Å². The van der Waals surface area contributed by atoms with Gasteiger partial charge < -0.3 is 10.1 Å². The van der Waals surface area contributed by atoms with Gasteiger partial charge in [0.1, 0.15) is 5.75 Å². The summed E-state index contributed by atoms with van der Waals surface area (Å²) in [7, 11) is -3.19. The molecule has 128 valence electrons. The summed E-state index contributed by atoms with van der Waals surface area (Å²) in [5, 5.41) is 2.86. The Balaban J connectivity index is 1.66. The van der Waals surface area contributed by atoms with Crippen molar-refractivity contribution in [3.8, 4) is 5.75 Å². The van der Waals surface area contributed by atoms with Gasteiger partial charge in [0, 0.05) is 19.2 Å². The van der Waals surface area contributed by atoms with Crippen LogP contribution in [0.4, 0.5) is 0 Å². The summed E-state index contributed by atoms with van der Waals surface area (Å²) in [6.45, 7) is 0.921. The predicted molar refractivity (Wildman–Crippen MR) is 92.6 cm³/mol. The molecule has 0 spiro atoms. The summed E-state index contributed by atoms with van der Waals surface area (Å²) in [6.07, 6.45) is 2.14. The van der Waals surface area contributed by atoms with Crippen LogP contribution in [0.5, 0.6) is 5.75 Å². The molecule has 0 heterocycles. The third kappa shape index (κ3) is 6.04. The topological polar surface area (TPSA) is 72.5 Å². The van der Waals surface area contributed by atoms with Crippen LogP contribution in [0.1, 0.15) is 18.4 Å². The second-order valence-electron chi connectivity index (χ2n) is 5.46. The van der Waals surface area contributed by atoms with Crippen molar-refractivity contribution < 1.29 is 17.9 Å². The highest BCUT2D eigenvalue weighted by Gasteiger charge is 2.06. The molecule has 0 saturated heterocycles. The van der Waals surface area contributed by atoms with E-state index in [0.29, 0.717) is 31.7 Å².